The Bertz CT molecular complexity index is 609. The number of carbonyl (C=O) groups is 1. The molecule has 0 radical (unpaired) electrons. The maximum atomic E-state index is 10.9. The van der Waals surface area contributed by atoms with Gasteiger partial charge in [-0.3, -0.25) is 9.69 Å². The lowest BCUT2D eigenvalue weighted by atomic mass is 10.2. The van der Waals surface area contributed by atoms with E-state index >= 15 is 0 Å². The van der Waals surface area contributed by atoms with Gasteiger partial charge in [-0.25, -0.2) is 4.68 Å². The number of hydrogen-bond acceptors (Lipinski definition) is 4. The Labute approximate surface area is 124 Å². The van der Waals surface area contributed by atoms with Crippen LogP contribution in [-0.2, 0) is 11.3 Å². The molecule has 21 heavy (non-hydrogen) atoms. The SMILES string of the molecule is CCCN(CC(=O)O)Cc1cn(-c2ccccc2C)nn1. The van der Waals surface area contributed by atoms with E-state index in [4.69, 9.17) is 5.11 Å². The van der Waals surface area contributed by atoms with Crippen molar-refractivity contribution in [2.75, 3.05) is 13.1 Å². The first kappa shape index (κ1) is 15.2. The summed E-state index contributed by atoms with van der Waals surface area (Å²) in [6, 6.07) is 7.93. The van der Waals surface area contributed by atoms with Crippen LogP contribution in [0.5, 0.6) is 0 Å². The van der Waals surface area contributed by atoms with E-state index < -0.39 is 5.97 Å². The van der Waals surface area contributed by atoms with Crippen LogP contribution in [0.2, 0.25) is 0 Å². The smallest absolute Gasteiger partial charge is 0.317 e. The van der Waals surface area contributed by atoms with E-state index in [1.807, 2.05) is 49.2 Å². The van der Waals surface area contributed by atoms with Crippen molar-refractivity contribution in [3.05, 3.63) is 41.7 Å². The summed E-state index contributed by atoms with van der Waals surface area (Å²) in [5, 5.41) is 17.2. The Hall–Kier alpha value is -2.21. The number of aliphatic carboxylic acids is 1. The van der Waals surface area contributed by atoms with Crippen molar-refractivity contribution in [2.24, 2.45) is 0 Å². The van der Waals surface area contributed by atoms with Gasteiger partial charge in [0.15, 0.2) is 0 Å². The highest BCUT2D eigenvalue weighted by molar-refractivity contribution is 5.69. The van der Waals surface area contributed by atoms with Crippen LogP contribution in [0.1, 0.15) is 24.6 Å². The number of aromatic nitrogens is 3. The molecule has 112 valence electrons. The third-order valence-electron chi connectivity index (χ3n) is 3.19. The van der Waals surface area contributed by atoms with Gasteiger partial charge in [0.25, 0.3) is 0 Å². The van der Waals surface area contributed by atoms with Crippen molar-refractivity contribution < 1.29 is 9.90 Å². The van der Waals surface area contributed by atoms with Gasteiger partial charge in [0.2, 0.25) is 0 Å². The summed E-state index contributed by atoms with van der Waals surface area (Å²) in [7, 11) is 0. The van der Waals surface area contributed by atoms with Crippen LogP contribution in [0.15, 0.2) is 30.5 Å². The third-order valence-corrected chi connectivity index (χ3v) is 3.19. The normalized spacial score (nSPS) is 11.0. The fourth-order valence-corrected chi connectivity index (χ4v) is 2.26. The van der Waals surface area contributed by atoms with Gasteiger partial charge in [-0.15, -0.1) is 5.10 Å². The first-order valence-corrected chi connectivity index (χ1v) is 7.01. The quantitative estimate of drug-likeness (QED) is 0.842. The summed E-state index contributed by atoms with van der Waals surface area (Å²) in [6.45, 7) is 5.28. The van der Waals surface area contributed by atoms with E-state index in [-0.39, 0.29) is 6.54 Å². The van der Waals surface area contributed by atoms with Crippen molar-refractivity contribution in [1.29, 1.82) is 0 Å². The van der Waals surface area contributed by atoms with E-state index in [1.165, 1.54) is 0 Å². The molecule has 0 aliphatic heterocycles. The van der Waals surface area contributed by atoms with Gasteiger partial charge in [0.05, 0.1) is 24.1 Å². The Kier molecular flexibility index (Phi) is 5.05. The van der Waals surface area contributed by atoms with E-state index in [2.05, 4.69) is 10.3 Å². The zero-order chi connectivity index (χ0) is 15.2. The summed E-state index contributed by atoms with van der Waals surface area (Å²) >= 11 is 0. The van der Waals surface area contributed by atoms with Gasteiger partial charge >= 0.3 is 5.97 Å². The van der Waals surface area contributed by atoms with Gasteiger partial charge in [0, 0.05) is 6.54 Å². The first-order chi connectivity index (χ1) is 10.1. The molecule has 0 aliphatic rings. The maximum absolute atomic E-state index is 10.9. The number of aryl methyl sites for hydroxylation is 1. The fourth-order valence-electron chi connectivity index (χ4n) is 2.26. The number of benzene rings is 1. The molecule has 0 aliphatic carbocycles. The molecule has 6 heteroatoms. The van der Waals surface area contributed by atoms with Gasteiger partial charge in [-0.2, -0.15) is 0 Å². The van der Waals surface area contributed by atoms with Crippen LogP contribution < -0.4 is 0 Å². The second kappa shape index (κ2) is 6.99. The molecule has 0 amide bonds. The lowest BCUT2D eigenvalue weighted by Gasteiger charge is -2.17. The van der Waals surface area contributed by atoms with Gasteiger partial charge in [-0.05, 0) is 31.5 Å². The Morgan fingerprint density at radius 3 is 2.81 bits per heavy atom. The minimum atomic E-state index is -0.824. The summed E-state index contributed by atoms with van der Waals surface area (Å²) in [5.41, 5.74) is 2.87. The number of nitrogens with zero attached hydrogens (tertiary/aromatic N) is 4. The van der Waals surface area contributed by atoms with Crippen molar-refractivity contribution in [3.8, 4) is 5.69 Å². The predicted octanol–water partition coefficient (Wildman–Crippen LogP) is 1.87. The summed E-state index contributed by atoms with van der Waals surface area (Å²) < 4.78 is 1.73. The van der Waals surface area contributed by atoms with Crippen LogP contribution in [-0.4, -0.2) is 44.1 Å². The second-order valence-electron chi connectivity index (χ2n) is 5.05. The van der Waals surface area contributed by atoms with Crippen molar-refractivity contribution in [1.82, 2.24) is 19.9 Å². The van der Waals surface area contributed by atoms with Crippen LogP contribution in [0.3, 0.4) is 0 Å². The fraction of sp³-hybridized carbons (Fsp3) is 0.400. The summed E-state index contributed by atoms with van der Waals surface area (Å²) in [6.07, 6.45) is 2.76. The highest BCUT2D eigenvalue weighted by atomic mass is 16.4. The molecule has 2 rings (SSSR count). The molecule has 1 aromatic heterocycles. The van der Waals surface area contributed by atoms with Crippen molar-refractivity contribution in [3.63, 3.8) is 0 Å². The molecule has 2 aromatic rings. The Morgan fingerprint density at radius 2 is 2.14 bits per heavy atom. The molecule has 1 heterocycles. The van der Waals surface area contributed by atoms with Crippen LogP contribution in [0.4, 0.5) is 0 Å². The molecule has 0 atom stereocenters. The Morgan fingerprint density at radius 1 is 1.38 bits per heavy atom. The molecular formula is C15H20N4O2. The lowest BCUT2D eigenvalue weighted by molar-refractivity contribution is -0.138. The molecule has 0 bridgehead atoms. The topological polar surface area (TPSA) is 71.2 Å². The van der Waals surface area contributed by atoms with Crippen LogP contribution in [0.25, 0.3) is 5.69 Å². The van der Waals surface area contributed by atoms with E-state index in [0.717, 1.165) is 29.9 Å². The monoisotopic (exact) mass is 288 g/mol. The standard InChI is InChI=1S/C15H20N4O2/c1-3-8-18(11-15(20)21)9-13-10-19(17-16-13)14-7-5-4-6-12(14)2/h4-7,10H,3,8-9,11H2,1-2H3,(H,20,21). The minimum Gasteiger partial charge on any atom is -0.480 e. The average Bonchev–Trinajstić information content (AvgIpc) is 2.87. The molecule has 0 spiro atoms. The van der Waals surface area contributed by atoms with E-state index in [9.17, 15) is 4.79 Å². The highest BCUT2D eigenvalue weighted by Gasteiger charge is 2.12. The first-order valence-electron chi connectivity index (χ1n) is 7.01. The van der Waals surface area contributed by atoms with E-state index in [1.54, 1.807) is 4.68 Å². The largest absolute Gasteiger partial charge is 0.480 e. The third kappa shape index (κ3) is 4.13. The zero-order valence-electron chi connectivity index (χ0n) is 12.4. The molecule has 0 saturated heterocycles. The van der Waals surface area contributed by atoms with Gasteiger partial charge in [-0.1, -0.05) is 30.3 Å². The predicted molar refractivity (Wildman–Crippen MR) is 79.3 cm³/mol. The van der Waals surface area contributed by atoms with E-state index in [0.29, 0.717) is 6.54 Å². The van der Waals surface area contributed by atoms with Crippen LogP contribution >= 0.6 is 0 Å². The lowest BCUT2D eigenvalue weighted by Crippen LogP contribution is -2.30. The van der Waals surface area contributed by atoms with Crippen molar-refractivity contribution in [2.45, 2.75) is 26.8 Å². The molecule has 0 unspecified atom stereocenters. The van der Waals surface area contributed by atoms with Gasteiger partial charge < -0.3 is 5.11 Å². The number of carboxylic acid groups (broad SMARTS) is 1. The maximum Gasteiger partial charge on any atom is 0.317 e. The van der Waals surface area contributed by atoms with Gasteiger partial charge in [0.1, 0.15) is 0 Å². The summed E-state index contributed by atoms with van der Waals surface area (Å²) in [5.74, 6) is -0.824. The number of carboxylic acids is 1. The van der Waals surface area contributed by atoms with Crippen molar-refractivity contribution >= 4 is 5.97 Å². The molecule has 0 fully saturated rings. The molecular weight excluding hydrogens is 268 g/mol. The highest BCUT2D eigenvalue weighted by Crippen LogP contribution is 2.12. The average molecular weight is 288 g/mol. The molecule has 1 aromatic carbocycles. The Balaban J connectivity index is 2.12. The minimum absolute atomic E-state index is 0.0189. The number of hydrogen-bond donors (Lipinski definition) is 1. The zero-order valence-corrected chi connectivity index (χ0v) is 12.4. The molecule has 0 saturated carbocycles. The number of rotatable bonds is 7. The second-order valence-corrected chi connectivity index (χ2v) is 5.05. The number of para-hydroxylation sites is 1. The summed E-state index contributed by atoms with van der Waals surface area (Å²) in [4.78, 5) is 12.7. The van der Waals surface area contributed by atoms with Crippen LogP contribution in [0, 0.1) is 6.92 Å². The molecule has 1 N–H and O–H groups in total. The molecule has 6 nitrogen and oxygen atoms in total.